The Kier molecular flexibility index (Phi) is 7.40. The second kappa shape index (κ2) is 10.6. The normalized spacial score (nSPS) is 14.3. The largest absolute Gasteiger partial charge is 0.356 e. The van der Waals surface area contributed by atoms with Crippen molar-refractivity contribution in [3.8, 4) is 0 Å². The van der Waals surface area contributed by atoms with Gasteiger partial charge in [-0.25, -0.2) is 4.39 Å². The lowest BCUT2D eigenvalue weighted by atomic mass is 9.95. The second-order valence-corrected chi connectivity index (χ2v) is 8.98. The number of likely N-dealkylation sites (tertiary alicyclic amines) is 1. The van der Waals surface area contributed by atoms with Crippen LogP contribution in [0.15, 0.2) is 54.6 Å². The van der Waals surface area contributed by atoms with Gasteiger partial charge >= 0.3 is 0 Å². The lowest BCUT2D eigenvalue weighted by Gasteiger charge is -2.31. The second-order valence-electron chi connectivity index (χ2n) is 8.98. The van der Waals surface area contributed by atoms with Gasteiger partial charge in [0.25, 0.3) is 5.91 Å². The number of carbonyl (C=O) groups excluding carboxylic acids is 2. The highest BCUT2D eigenvalue weighted by Crippen LogP contribution is 2.20. The molecule has 1 saturated heterocycles. The summed E-state index contributed by atoms with van der Waals surface area (Å²) in [5.74, 6) is -0.395. The third-order valence-corrected chi connectivity index (χ3v) is 6.41. The summed E-state index contributed by atoms with van der Waals surface area (Å²) in [4.78, 5) is 27.5. The van der Waals surface area contributed by atoms with Crippen LogP contribution in [-0.4, -0.2) is 46.1 Å². The number of benzene rings is 2. The van der Waals surface area contributed by atoms with E-state index in [1.807, 2.05) is 53.8 Å². The number of amides is 2. The summed E-state index contributed by atoms with van der Waals surface area (Å²) in [7, 11) is 0. The van der Waals surface area contributed by atoms with E-state index in [1.165, 1.54) is 6.07 Å². The standard InChI is InChI=1S/C27H31FN4O2/c1-19-16-20(2)32(30-19)18-21-6-5-8-24(17-21)27(34)31-14-11-23(12-15-31)26(33)29-13-10-22-7-3-4-9-25(22)28/h3-9,16-17,23H,10-15,18H2,1-2H3,(H,29,33). The highest BCUT2D eigenvalue weighted by atomic mass is 19.1. The van der Waals surface area contributed by atoms with Gasteiger partial charge in [-0.2, -0.15) is 5.10 Å². The first-order valence-corrected chi connectivity index (χ1v) is 11.8. The molecule has 178 valence electrons. The molecule has 6 nitrogen and oxygen atoms in total. The molecular formula is C27H31FN4O2. The van der Waals surface area contributed by atoms with Crippen molar-refractivity contribution in [2.75, 3.05) is 19.6 Å². The van der Waals surface area contributed by atoms with E-state index in [0.29, 0.717) is 56.6 Å². The van der Waals surface area contributed by atoms with Crippen molar-refractivity contribution < 1.29 is 14.0 Å². The first-order chi connectivity index (χ1) is 16.4. The molecule has 0 spiro atoms. The third-order valence-electron chi connectivity index (χ3n) is 6.41. The average molecular weight is 463 g/mol. The first-order valence-electron chi connectivity index (χ1n) is 11.8. The Labute approximate surface area is 199 Å². The molecule has 0 bridgehead atoms. The molecule has 7 heteroatoms. The van der Waals surface area contributed by atoms with Crippen LogP contribution in [0.5, 0.6) is 0 Å². The van der Waals surface area contributed by atoms with Crippen molar-refractivity contribution in [3.63, 3.8) is 0 Å². The first kappa shape index (κ1) is 23.7. The van der Waals surface area contributed by atoms with Crippen LogP contribution >= 0.6 is 0 Å². The summed E-state index contributed by atoms with van der Waals surface area (Å²) in [6.07, 6.45) is 1.72. The summed E-state index contributed by atoms with van der Waals surface area (Å²) in [6, 6.07) is 16.3. The minimum atomic E-state index is -0.248. The Morgan fingerprint density at radius 2 is 1.82 bits per heavy atom. The number of aromatic nitrogens is 2. The molecule has 1 aromatic heterocycles. The molecule has 2 amide bonds. The number of piperidine rings is 1. The summed E-state index contributed by atoms with van der Waals surface area (Å²) < 4.78 is 15.7. The maximum absolute atomic E-state index is 13.7. The van der Waals surface area contributed by atoms with Gasteiger partial charge in [0.1, 0.15) is 5.82 Å². The van der Waals surface area contributed by atoms with Gasteiger partial charge in [0.2, 0.25) is 5.91 Å². The number of rotatable bonds is 7. The van der Waals surface area contributed by atoms with E-state index in [0.717, 1.165) is 17.0 Å². The van der Waals surface area contributed by atoms with Crippen LogP contribution in [0.3, 0.4) is 0 Å². The number of hydrogen-bond donors (Lipinski definition) is 1. The molecule has 2 aromatic carbocycles. The van der Waals surface area contributed by atoms with E-state index >= 15 is 0 Å². The van der Waals surface area contributed by atoms with Crippen LogP contribution in [0, 0.1) is 25.6 Å². The topological polar surface area (TPSA) is 67.2 Å². The van der Waals surface area contributed by atoms with E-state index in [2.05, 4.69) is 10.4 Å². The van der Waals surface area contributed by atoms with Crippen LogP contribution in [-0.2, 0) is 17.8 Å². The van der Waals surface area contributed by atoms with Crippen molar-refractivity contribution >= 4 is 11.8 Å². The molecule has 2 heterocycles. The number of aryl methyl sites for hydroxylation is 2. The van der Waals surface area contributed by atoms with Gasteiger partial charge in [0.15, 0.2) is 0 Å². The van der Waals surface area contributed by atoms with Crippen LogP contribution in [0.1, 0.15) is 45.7 Å². The Morgan fingerprint density at radius 3 is 2.53 bits per heavy atom. The minimum Gasteiger partial charge on any atom is -0.356 e. The maximum atomic E-state index is 13.7. The lowest BCUT2D eigenvalue weighted by molar-refractivity contribution is -0.126. The van der Waals surface area contributed by atoms with Gasteiger partial charge in [-0.1, -0.05) is 30.3 Å². The van der Waals surface area contributed by atoms with E-state index in [9.17, 15) is 14.0 Å². The molecule has 34 heavy (non-hydrogen) atoms. The van der Waals surface area contributed by atoms with Crippen molar-refractivity contribution in [3.05, 3.63) is 88.5 Å². The van der Waals surface area contributed by atoms with E-state index in [4.69, 9.17) is 0 Å². The van der Waals surface area contributed by atoms with Gasteiger partial charge in [-0.05, 0) is 68.5 Å². The fourth-order valence-electron chi connectivity index (χ4n) is 4.50. The monoisotopic (exact) mass is 462 g/mol. The average Bonchev–Trinajstić information content (AvgIpc) is 3.16. The molecule has 4 rings (SSSR count). The predicted octanol–water partition coefficient (Wildman–Crippen LogP) is 3.90. The summed E-state index contributed by atoms with van der Waals surface area (Å²) >= 11 is 0. The minimum absolute atomic E-state index is 0.00590. The van der Waals surface area contributed by atoms with Gasteiger partial charge < -0.3 is 10.2 Å². The molecule has 0 saturated carbocycles. The molecule has 1 N–H and O–H groups in total. The van der Waals surface area contributed by atoms with E-state index in [-0.39, 0.29) is 23.5 Å². The maximum Gasteiger partial charge on any atom is 0.253 e. The molecule has 0 unspecified atom stereocenters. The molecular weight excluding hydrogens is 431 g/mol. The molecule has 3 aromatic rings. The highest BCUT2D eigenvalue weighted by molar-refractivity contribution is 5.94. The van der Waals surface area contributed by atoms with Gasteiger partial charge in [-0.15, -0.1) is 0 Å². The summed E-state index contributed by atoms with van der Waals surface area (Å²) in [5.41, 5.74) is 4.35. The quantitative estimate of drug-likeness (QED) is 0.579. The Bertz CT molecular complexity index is 1160. The third kappa shape index (κ3) is 5.71. The van der Waals surface area contributed by atoms with Crippen molar-refractivity contribution in [2.45, 2.75) is 39.7 Å². The smallest absolute Gasteiger partial charge is 0.253 e. The van der Waals surface area contributed by atoms with Crippen LogP contribution in [0.25, 0.3) is 0 Å². The summed E-state index contributed by atoms with van der Waals surface area (Å²) in [6.45, 7) is 6.11. The number of hydrogen-bond acceptors (Lipinski definition) is 3. The number of nitrogens with one attached hydrogen (secondary N) is 1. The van der Waals surface area contributed by atoms with Gasteiger partial charge in [-0.3, -0.25) is 14.3 Å². The molecule has 1 aliphatic heterocycles. The van der Waals surface area contributed by atoms with Crippen LogP contribution in [0.4, 0.5) is 4.39 Å². The fraction of sp³-hybridized carbons (Fsp3) is 0.370. The van der Waals surface area contributed by atoms with Crippen LogP contribution in [0.2, 0.25) is 0 Å². The zero-order chi connectivity index (χ0) is 24.1. The van der Waals surface area contributed by atoms with E-state index < -0.39 is 0 Å². The fourth-order valence-corrected chi connectivity index (χ4v) is 4.50. The molecule has 1 fully saturated rings. The highest BCUT2D eigenvalue weighted by Gasteiger charge is 2.27. The number of nitrogens with zero attached hydrogens (tertiary/aromatic N) is 3. The Hall–Kier alpha value is -3.48. The van der Waals surface area contributed by atoms with Gasteiger partial charge in [0.05, 0.1) is 12.2 Å². The van der Waals surface area contributed by atoms with Gasteiger partial charge in [0, 0.05) is 36.8 Å². The predicted molar refractivity (Wildman–Crippen MR) is 129 cm³/mol. The zero-order valence-corrected chi connectivity index (χ0v) is 19.8. The molecule has 1 aliphatic rings. The zero-order valence-electron chi connectivity index (χ0n) is 19.8. The Morgan fingerprint density at radius 1 is 1.06 bits per heavy atom. The molecule has 0 aliphatic carbocycles. The Balaban J connectivity index is 1.27. The SMILES string of the molecule is Cc1cc(C)n(Cc2cccc(C(=O)N3CCC(C(=O)NCCc4ccccc4F)CC3)c2)n1. The summed E-state index contributed by atoms with van der Waals surface area (Å²) in [5, 5.41) is 7.43. The molecule has 0 atom stereocenters. The van der Waals surface area contributed by atoms with E-state index in [1.54, 1.807) is 18.2 Å². The van der Waals surface area contributed by atoms with Crippen molar-refractivity contribution in [1.82, 2.24) is 20.0 Å². The van der Waals surface area contributed by atoms with Crippen LogP contribution < -0.4 is 5.32 Å². The lowest BCUT2D eigenvalue weighted by Crippen LogP contribution is -2.43. The molecule has 0 radical (unpaired) electrons. The number of carbonyl (C=O) groups is 2. The van der Waals surface area contributed by atoms with Crippen molar-refractivity contribution in [2.24, 2.45) is 5.92 Å². The van der Waals surface area contributed by atoms with Crippen molar-refractivity contribution in [1.29, 1.82) is 0 Å². The number of halogens is 1.